The smallest absolute Gasteiger partial charge is 0.230 e. The first kappa shape index (κ1) is 12.7. The van der Waals surface area contributed by atoms with E-state index in [1.165, 1.54) is 19.3 Å². The second kappa shape index (κ2) is 4.34. The monoisotopic (exact) mass is 295 g/mol. The van der Waals surface area contributed by atoms with Crippen molar-refractivity contribution in [3.8, 4) is 0 Å². The average molecular weight is 295 g/mol. The van der Waals surface area contributed by atoms with Crippen LogP contribution in [-0.4, -0.2) is 15.5 Å². The molecule has 6 rings (SSSR count). The Labute approximate surface area is 129 Å². The minimum atomic E-state index is -0.0822. The SMILES string of the molecule is O=C(Nc1ccn2nccc2c1)C12CC3CC(CC(C3)C1)C2. The van der Waals surface area contributed by atoms with Gasteiger partial charge in [0.25, 0.3) is 0 Å². The van der Waals surface area contributed by atoms with E-state index in [2.05, 4.69) is 10.4 Å². The van der Waals surface area contributed by atoms with Crippen LogP contribution in [0.5, 0.6) is 0 Å². The van der Waals surface area contributed by atoms with Crippen LogP contribution in [0, 0.1) is 23.2 Å². The van der Waals surface area contributed by atoms with Crippen LogP contribution in [-0.2, 0) is 4.79 Å². The third-order valence-electron chi connectivity index (χ3n) is 6.18. The Morgan fingerprint density at radius 3 is 2.50 bits per heavy atom. The van der Waals surface area contributed by atoms with Gasteiger partial charge in [0.2, 0.25) is 5.91 Å². The second-order valence-corrected chi connectivity index (χ2v) is 7.77. The largest absolute Gasteiger partial charge is 0.325 e. The van der Waals surface area contributed by atoms with E-state index < -0.39 is 0 Å². The van der Waals surface area contributed by atoms with Gasteiger partial charge in [-0.15, -0.1) is 0 Å². The number of fused-ring (bicyclic) bond motifs is 1. The van der Waals surface area contributed by atoms with Crippen molar-refractivity contribution in [1.82, 2.24) is 9.61 Å². The summed E-state index contributed by atoms with van der Waals surface area (Å²) in [5, 5.41) is 7.40. The predicted octanol–water partition coefficient (Wildman–Crippen LogP) is 3.49. The number of amides is 1. The number of hydrogen-bond acceptors (Lipinski definition) is 2. The number of nitrogens with one attached hydrogen (secondary N) is 1. The average Bonchev–Trinajstić information content (AvgIpc) is 2.93. The normalized spacial score (nSPS) is 35.9. The molecule has 0 unspecified atom stereocenters. The number of carbonyl (C=O) groups excluding carboxylic acids is 1. The Kier molecular flexibility index (Phi) is 2.50. The molecule has 2 aromatic rings. The van der Waals surface area contributed by atoms with Crippen molar-refractivity contribution in [2.24, 2.45) is 23.2 Å². The lowest BCUT2D eigenvalue weighted by Crippen LogP contribution is -2.51. The molecule has 1 N–H and O–H groups in total. The van der Waals surface area contributed by atoms with E-state index in [1.807, 2.05) is 28.9 Å². The first-order valence-corrected chi connectivity index (χ1v) is 8.45. The minimum absolute atomic E-state index is 0.0822. The van der Waals surface area contributed by atoms with Crippen molar-refractivity contribution in [2.75, 3.05) is 5.32 Å². The number of rotatable bonds is 2. The van der Waals surface area contributed by atoms with Crippen LogP contribution in [0.4, 0.5) is 5.69 Å². The standard InChI is InChI=1S/C18H21N3O/c22-17(20-15-2-4-21-16(8-15)1-3-19-21)18-9-12-5-13(10-18)7-14(6-12)11-18/h1-4,8,12-14H,5-7,9-11H2,(H,20,22). The van der Waals surface area contributed by atoms with Crippen LogP contribution >= 0.6 is 0 Å². The van der Waals surface area contributed by atoms with Crippen LogP contribution in [0.1, 0.15) is 38.5 Å². The Hall–Kier alpha value is -1.84. The van der Waals surface area contributed by atoms with Crippen molar-refractivity contribution in [3.05, 3.63) is 30.6 Å². The molecule has 2 aromatic heterocycles. The summed E-state index contributed by atoms with van der Waals surface area (Å²) in [6.45, 7) is 0. The zero-order chi connectivity index (χ0) is 14.7. The van der Waals surface area contributed by atoms with E-state index in [4.69, 9.17) is 0 Å². The molecule has 4 aliphatic rings. The van der Waals surface area contributed by atoms with Crippen LogP contribution < -0.4 is 5.32 Å². The zero-order valence-electron chi connectivity index (χ0n) is 12.7. The highest BCUT2D eigenvalue weighted by molar-refractivity contribution is 5.96. The van der Waals surface area contributed by atoms with Gasteiger partial charge in [-0.05, 0) is 74.5 Å². The van der Waals surface area contributed by atoms with Gasteiger partial charge in [-0.2, -0.15) is 5.10 Å². The van der Waals surface area contributed by atoms with Gasteiger partial charge < -0.3 is 5.32 Å². The van der Waals surface area contributed by atoms with Crippen molar-refractivity contribution in [2.45, 2.75) is 38.5 Å². The molecule has 0 spiro atoms. The van der Waals surface area contributed by atoms with E-state index in [0.717, 1.165) is 48.2 Å². The van der Waals surface area contributed by atoms with Crippen molar-refractivity contribution < 1.29 is 4.79 Å². The van der Waals surface area contributed by atoms with Gasteiger partial charge in [0.1, 0.15) is 0 Å². The van der Waals surface area contributed by atoms with E-state index >= 15 is 0 Å². The molecule has 0 aromatic carbocycles. The number of aromatic nitrogens is 2. The third kappa shape index (κ3) is 1.82. The van der Waals surface area contributed by atoms with E-state index in [1.54, 1.807) is 6.20 Å². The topological polar surface area (TPSA) is 46.4 Å². The summed E-state index contributed by atoms with van der Waals surface area (Å²) in [4.78, 5) is 13.0. The number of anilines is 1. The van der Waals surface area contributed by atoms with Gasteiger partial charge >= 0.3 is 0 Å². The maximum atomic E-state index is 13.0. The molecule has 2 heterocycles. The molecule has 0 aliphatic heterocycles. The van der Waals surface area contributed by atoms with Crippen LogP contribution in [0.15, 0.2) is 30.6 Å². The second-order valence-electron chi connectivity index (χ2n) is 7.77. The molecular formula is C18H21N3O. The Morgan fingerprint density at radius 1 is 1.14 bits per heavy atom. The molecule has 4 bridgehead atoms. The summed E-state index contributed by atoms with van der Waals surface area (Å²) in [6.07, 6.45) is 11.1. The highest BCUT2D eigenvalue weighted by Crippen LogP contribution is 2.60. The van der Waals surface area contributed by atoms with E-state index in [0.29, 0.717) is 0 Å². The highest BCUT2D eigenvalue weighted by atomic mass is 16.2. The lowest BCUT2D eigenvalue weighted by Gasteiger charge is -2.55. The molecule has 4 nitrogen and oxygen atoms in total. The maximum Gasteiger partial charge on any atom is 0.230 e. The summed E-state index contributed by atoms with van der Waals surface area (Å²) in [5.74, 6) is 2.66. The minimum Gasteiger partial charge on any atom is -0.325 e. The number of carbonyl (C=O) groups is 1. The Morgan fingerprint density at radius 2 is 1.82 bits per heavy atom. The number of pyridine rings is 1. The Balaban J connectivity index is 1.42. The fourth-order valence-electron chi connectivity index (χ4n) is 5.65. The van der Waals surface area contributed by atoms with E-state index in [-0.39, 0.29) is 11.3 Å². The number of hydrogen-bond donors (Lipinski definition) is 1. The van der Waals surface area contributed by atoms with Crippen molar-refractivity contribution >= 4 is 17.1 Å². The van der Waals surface area contributed by atoms with Gasteiger partial charge in [0.15, 0.2) is 0 Å². The predicted molar refractivity (Wildman–Crippen MR) is 84.4 cm³/mol. The summed E-state index contributed by atoms with van der Waals surface area (Å²) < 4.78 is 1.82. The summed E-state index contributed by atoms with van der Waals surface area (Å²) in [7, 11) is 0. The van der Waals surface area contributed by atoms with Crippen LogP contribution in [0.25, 0.3) is 5.52 Å². The van der Waals surface area contributed by atoms with Gasteiger partial charge in [0.05, 0.1) is 10.9 Å². The third-order valence-corrected chi connectivity index (χ3v) is 6.18. The molecule has 0 atom stereocenters. The van der Waals surface area contributed by atoms with Crippen LogP contribution in [0.3, 0.4) is 0 Å². The fourth-order valence-corrected chi connectivity index (χ4v) is 5.65. The lowest BCUT2D eigenvalue weighted by atomic mass is 9.49. The van der Waals surface area contributed by atoms with Crippen molar-refractivity contribution in [1.29, 1.82) is 0 Å². The molecule has 4 saturated carbocycles. The number of nitrogens with zero attached hydrogens (tertiary/aromatic N) is 2. The lowest BCUT2D eigenvalue weighted by molar-refractivity contribution is -0.140. The molecule has 114 valence electrons. The van der Waals surface area contributed by atoms with Gasteiger partial charge in [-0.3, -0.25) is 4.79 Å². The molecule has 0 saturated heterocycles. The van der Waals surface area contributed by atoms with Crippen LogP contribution in [0.2, 0.25) is 0 Å². The molecule has 4 aliphatic carbocycles. The van der Waals surface area contributed by atoms with Gasteiger partial charge in [-0.25, -0.2) is 4.52 Å². The summed E-state index contributed by atoms with van der Waals surface area (Å²) >= 11 is 0. The van der Waals surface area contributed by atoms with Gasteiger partial charge in [0, 0.05) is 18.1 Å². The fraction of sp³-hybridized carbons (Fsp3) is 0.556. The molecule has 0 radical (unpaired) electrons. The maximum absolute atomic E-state index is 13.0. The van der Waals surface area contributed by atoms with E-state index in [9.17, 15) is 4.79 Å². The van der Waals surface area contributed by atoms with Crippen molar-refractivity contribution in [3.63, 3.8) is 0 Å². The summed E-state index contributed by atoms with van der Waals surface area (Å²) in [6, 6.07) is 5.91. The molecular weight excluding hydrogens is 274 g/mol. The quantitative estimate of drug-likeness (QED) is 0.922. The zero-order valence-corrected chi connectivity index (χ0v) is 12.7. The van der Waals surface area contributed by atoms with Gasteiger partial charge in [-0.1, -0.05) is 0 Å². The highest BCUT2D eigenvalue weighted by Gasteiger charge is 2.54. The molecule has 4 heteroatoms. The first-order valence-electron chi connectivity index (χ1n) is 8.45. The summed E-state index contributed by atoms with van der Waals surface area (Å²) in [5.41, 5.74) is 1.83. The molecule has 22 heavy (non-hydrogen) atoms. The molecule has 4 fully saturated rings. The molecule has 1 amide bonds. The Bertz CT molecular complexity index is 712. The first-order chi connectivity index (χ1) is 10.7.